The fourth-order valence-corrected chi connectivity index (χ4v) is 4.12. The first-order chi connectivity index (χ1) is 13.7. The number of hydrogen-bond acceptors (Lipinski definition) is 4. The van der Waals surface area contributed by atoms with E-state index in [2.05, 4.69) is 15.6 Å². The van der Waals surface area contributed by atoms with Crippen LogP contribution >= 0.6 is 11.3 Å². The molecule has 2 N–H and O–H groups in total. The highest BCUT2D eigenvalue weighted by molar-refractivity contribution is 7.22. The summed E-state index contributed by atoms with van der Waals surface area (Å²) < 4.78 is 28.7. The van der Waals surface area contributed by atoms with E-state index in [-0.39, 0.29) is 5.92 Å². The Morgan fingerprint density at radius 1 is 1.10 bits per heavy atom. The van der Waals surface area contributed by atoms with E-state index in [0.29, 0.717) is 5.13 Å². The third kappa shape index (κ3) is 4.42. The number of carbonyl (C=O) groups excluding carboxylic acids is 2. The maximum absolute atomic E-state index is 13.9. The fourth-order valence-electron chi connectivity index (χ4n) is 3.07. The van der Waals surface area contributed by atoms with Gasteiger partial charge in [-0.05, 0) is 49.1 Å². The van der Waals surface area contributed by atoms with Crippen molar-refractivity contribution in [1.29, 1.82) is 0 Å². The van der Waals surface area contributed by atoms with Crippen molar-refractivity contribution in [3.05, 3.63) is 58.7 Å². The Bertz CT molecular complexity index is 1070. The molecule has 0 bridgehead atoms. The lowest BCUT2D eigenvalue weighted by atomic mass is 10.0. The number of nitrogens with one attached hydrogen (secondary N) is 2. The molecule has 1 atom stereocenters. The van der Waals surface area contributed by atoms with Crippen LogP contribution in [-0.4, -0.2) is 22.8 Å². The number of fused-ring (bicyclic) bond motifs is 1. The average Bonchev–Trinajstić information content (AvgIpc) is 3.01. The van der Waals surface area contributed by atoms with E-state index >= 15 is 0 Å². The van der Waals surface area contributed by atoms with Gasteiger partial charge < -0.3 is 10.6 Å². The maximum atomic E-state index is 13.9. The van der Waals surface area contributed by atoms with Crippen molar-refractivity contribution in [2.45, 2.75) is 33.7 Å². The molecule has 2 aromatic carbocycles. The van der Waals surface area contributed by atoms with Crippen molar-refractivity contribution in [3.63, 3.8) is 0 Å². The van der Waals surface area contributed by atoms with E-state index in [1.54, 1.807) is 13.8 Å². The maximum Gasteiger partial charge on any atom is 0.257 e. The molecule has 3 rings (SSSR count). The van der Waals surface area contributed by atoms with Gasteiger partial charge in [-0.1, -0.05) is 37.3 Å². The minimum absolute atomic E-state index is 0.313. The van der Waals surface area contributed by atoms with Crippen molar-refractivity contribution < 1.29 is 18.4 Å². The molecule has 0 fully saturated rings. The number of rotatable bonds is 5. The molecule has 29 heavy (non-hydrogen) atoms. The molecule has 5 nitrogen and oxygen atoms in total. The van der Waals surface area contributed by atoms with Crippen LogP contribution in [0, 0.1) is 31.4 Å². The van der Waals surface area contributed by atoms with Gasteiger partial charge in [-0.15, -0.1) is 0 Å². The van der Waals surface area contributed by atoms with Crippen LogP contribution in [0.2, 0.25) is 0 Å². The van der Waals surface area contributed by atoms with Crippen LogP contribution in [0.25, 0.3) is 10.2 Å². The van der Waals surface area contributed by atoms with E-state index < -0.39 is 35.1 Å². The van der Waals surface area contributed by atoms with Crippen molar-refractivity contribution in [3.8, 4) is 0 Å². The number of thiazole rings is 1. The van der Waals surface area contributed by atoms with Gasteiger partial charge in [0.25, 0.3) is 5.91 Å². The van der Waals surface area contributed by atoms with Crippen molar-refractivity contribution in [2.75, 3.05) is 5.32 Å². The molecule has 152 valence electrons. The van der Waals surface area contributed by atoms with Gasteiger partial charge in [0.1, 0.15) is 23.2 Å². The molecule has 0 aliphatic heterocycles. The first-order valence-electron chi connectivity index (χ1n) is 9.11. The summed E-state index contributed by atoms with van der Waals surface area (Å²) in [6.07, 6.45) is 0. The zero-order valence-electron chi connectivity index (χ0n) is 16.5. The minimum Gasteiger partial charge on any atom is -0.340 e. The molecule has 2 amide bonds. The Balaban J connectivity index is 1.81. The number of halogens is 2. The molecular formula is C21H21F2N3O2S. The fraction of sp³-hybridized carbons (Fsp3) is 0.286. The van der Waals surface area contributed by atoms with Gasteiger partial charge in [0.15, 0.2) is 5.13 Å². The molecule has 0 unspecified atom stereocenters. The Hall–Kier alpha value is -2.87. The second kappa shape index (κ2) is 8.24. The van der Waals surface area contributed by atoms with Crippen molar-refractivity contribution in [2.24, 2.45) is 5.92 Å². The Kier molecular flexibility index (Phi) is 5.93. The Morgan fingerprint density at radius 3 is 2.38 bits per heavy atom. The third-order valence-electron chi connectivity index (χ3n) is 4.49. The molecule has 1 heterocycles. The van der Waals surface area contributed by atoms with Gasteiger partial charge >= 0.3 is 0 Å². The van der Waals surface area contributed by atoms with Gasteiger partial charge in [0.05, 0.1) is 10.2 Å². The van der Waals surface area contributed by atoms with Gasteiger partial charge in [-0.2, -0.15) is 0 Å². The Labute approximate surface area is 171 Å². The summed E-state index contributed by atoms with van der Waals surface area (Å²) in [7, 11) is 0. The van der Waals surface area contributed by atoms with Crippen LogP contribution in [0.15, 0.2) is 30.3 Å². The summed E-state index contributed by atoms with van der Waals surface area (Å²) in [4.78, 5) is 29.6. The predicted octanol–water partition coefficient (Wildman–Crippen LogP) is 4.58. The molecule has 8 heteroatoms. The second-order valence-corrected chi connectivity index (χ2v) is 8.26. The summed E-state index contributed by atoms with van der Waals surface area (Å²) >= 11 is 1.33. The van der Waals surface area contributed by atoms with Crippen LogP contribution in [0.3, 0.4) is 0 Å². The molecule has 0 radical (unpaired) electrons. The second-order valence-electron chi connectivity index (χ2n) is 7.23. The zero-order chi connectivity index (χ0) is 21.3. The molecule has 0 saturated heterocycles. The topological polar surface area (TPSA) is 71.1 Å². The highest BCUT2D eigenvalue weighted by Crippen LogP contribution is 2.29. The smallest absolute Gasteiger partial charge is 0.257 e. The van der Waals surface area contributed by atoms with E-state index in [1.807, 2.05) is 26.0 Å². The number of aryl methyl sites for hydroxylation is 2. The van der Waals surface area contributed by atoms with E-state index in [4.69, 9.17) is 0 Å². The first kappa shape index (κ1) is 20.9. The van der Waals surface area contributed by atoms with Crippen molar-refractivity contribution in [1.82, 2.24) is 10.3 Å². The minimum atomic E-state index is -0.989. The van der Waals surface area contributed by atoms with E-state index in [0.717, 1.165) is 33.5 Å². The molecule has 0 saturated carbocycles. The normalized spacial score (nSPS) is 12.2. The number of carbonyl (C=O) groups is 2. The number of hydrogen-bond donors (Lipinski definition) is 2. The molecule has 1 aromatic heterocycles. The number of benzene rings is 2. The highest BCUT2D eigenvalue weighted by Gasteiger charge is 2.28. The molecular weight excluding hydrogens is 396 g/mol. The van der Waals surface area contributed by atoms with E-state index in [9.17, 15) is 18.4 Å². The quantitative estimate of drug-likeness (QED) is 0.638. The SMILES string of the molecule is Cc1cc(C)c2nc(NC(=O)[C@@H](NC(=O)c3c(F)cccc3F)C(C)C)sc2c1. The molecule has 0 spiro atoms. The van der Waals surface area contributed by atoms with Crippen LogP contribution in [-0.2, 0) is 4.79 Å². The lowest BCUT2D eigenvalue weighted by Crippen LogP contribution is -2.47. The van der Waals surface area contributed by atoms with Crippen LogP contribution in [0.4, 0.5) is 13.9 Å². The first-order valence-corrected chi connectivity index (χ1v) is 9.92. The van der Waals surface area contributed by atoms with Gasteiger partial charge in [0, 0.05) is 0 Å². The lowest BCUT2D eigenvalue weighted by molar-refractivity contribution is -0.118. The molecule has 0 aliphatic rings. The van der Waals surface area contributed by atoms with Crippen LogP contribution in [0.1, 0.15) is 35.3 Å². The van der Waals surface area contributed by atoms with Crippen LogP contribution < -0.4 is 10.6 Å². The zero-order valence-corrected chi connectivity index (χ0v) is 17.3. The standard InChI is InChI=1S/C21H21F2N3O2S/c1-10(2)17(24-19(27)16-13(22)6-5-7-14(16)23)20(28)26-21-25-18-12(4)8-11(3)9-15(18)29-21/h5-10,17H,1-4H3,(H,24,27)(H,25,26,28)/t17-/m0/s1. The summed E-state index contributed by atoms with van der Waals surface area (Å²) in [6, 6.07) is 6.16. The summed E-state index contributed by atoms with van der Waals surface area (Å²) in [6.45, 7) is 7.39. The van der Waals surface area contributed by atoms with Crippen LogP contribution in [0.5, 0.6) is 0 Å². The Morgan fingerprint density at radius 2 is 1.76 bits per heavy atom. The largest absolute Gasteiger partial charge is 0.340 e. The lowest BCUT2D eigenvalue weighted by Gasteiger charge is -2.21. The number of nitrogens with zero attached hydrogens (tertiary/aromatic N) is 1. The molecule has 0 aliphatic carbocycles. The summed E-state index contributed by atoms with van der Waals surface area (Å²) in [5, 5.41) is 5.55. The summed E-state index contributed by atoms with van der Waals surface area (Å²) in [5.74, 6) is -3.76. The molecule has 3 aromatic rings. The number of amides is 2. The van der Waals surface area contributed by atoms with Gasteiger partial charge in [0.2, 0.25) is 5.91 Å². The monoisotopic (exact) mass is 417 g/mol. The van der Waals surface area contributed by atoms with E-state index in [1.165, 1.54) is 17.4 Å². The predicted molar refractivity (Wildman–Crippen MR) is 110 cm³/mol. The van der Waals surface area contributed by atoms with Crippen molar-refractivity contribution >= 4 is 38.5 Å². The highest BCUT2D eigenvalue weighted by atomic mass is 32.1. The number of aromatic nitrogens is 1. The van der Waals surface area contributed by atoms with Gasteiger partial charge in [-0.25, -0.2) is 13.8 Å². The third-order valence-corrected chi connectivity index (χ3v) is 5.40. The van der Waals surface area contributed by atoms with Gasteiger partial charge in [-0.3, -0.25) is 9.59 Å². The summed E-state index contributed by atoms with van der Waals surface area (Å²) in [5.41, 5.74) is 2.18. The average molecular weight is 417 g/mol. The number of anilines is 1.